The van der Waals surface area contributed by atoms with Gasteiger partial charge in [-0.15, -0.1) is 0 Å². The van der Waals surface area contributed by atoms with Crippen molar-refractivity contribution in [2.24, 2.45) is 11.7 Å². The zero-order chi connectivity index (χ0) is 12.9. The van der Waals surface area contributed by atoms with E-state index in [0.717, 1.165) is 5.56 Å². The Morgan fingerprint density at radius 1 is 1.33 bits per heavy atom. The van der Waals surface area contributed by atoms with Crippen LogP contribution in [0.25, 0.3) is 0 Å². The fraction of sp³-hybridized carbons (Fsp3) is 0.500. The van der Waals surface area contributed by atoms with Crippen molar-refractivity contribution < 1.29 is 17.9 Å². The monoisotopic (exact) mass is 269 g/mol. The fourth-order valence-electron chi connectivity index (χ4n) is 2.76. The molecule has 6 heteroatoms. The standard InChI is InChI=1S/C12H15NO4S/c1-18(14,15)12-8(5-13)11(12)7-2-3-9-10(4-7)17-6-16-9/h2-4,8,11-12H,5-6,13H2,1H3/t8-,11+,12+/m0/s1. The fourth-order valence-corrected chi connectivity index (χ4v) is 4.48. The lowest BCUT2D eigenvalue weighted by atomic mass is 10.1. The molecule has 2 aliphatic rings. The van der Waals surface area contributed by atoms with Crippen LogP contribution in [0.4, 0.5) is 0 Å². The van der Waals surface area contributed by atoms with Crippen LogP contribution in [0.15, 0.2) is 18.2 Å². The molecule has 0 amide bonds. The molecule has 1 fully saturated rings. The quantitative estimate of drug-likeness (QED) is 0.864. The number of benzene rings is 1. The van der Waals surface area contributed by atoms with Crippen molar-refractivity contribution in [3.8, 4) is 11.5 Å². The van der Waals surface area contributed by atoms with Gasteiger partial charge in [0.2, 0.25) is 6.79 Å². The lowest BCUT2D eigenvalue weighted by Gasteiger charge is -2.02. The highest BCUT2D eigenvalue weighted by molar-refractivity contribution is 7.91. The minimum atomic E-state index is -3.05. The van der Waals surface area contributed by atoms with Crippen LogP contribution in [0, 0.1) is 5.92 Å². The number of nitrogens with two attached hydrogens (primary N) is 1. The largest absolute Gasteiger partial charge is 0.454 e. The van der Waals surface area contributed by atoms with Crippen molar-refractivity contribution in [3.63, 3.8) is 0 Å². The predicted octanol–water partition coefficient (Wildman–Crippen LogP) is 0.501. The van der Waals surface area contributed by atoms with E-state index in [-0.39, 0.29) is 23.9 Å². The molecular formula is C12H15NO4S. The Morgan fingerprint density at radius 3 is 2.67 bits per heavy atom. The first kappa shape index (κ1) is 11.8. The van der Waals surface area contributed by atoms with Crippen LogP contribution < -0.4 is 15.2 Å². The van der Waals surface area contributed by atoms with Crippen LogP contribution in [0.5, 0.6) is 11.5 Å². The molecule has 1 aliphatic carbocycles. The zero-order valence-corrected chi connectivity index (χ0v) is 10.8. The SMILES string of the molecule is CS(=O)(=O)[C@@H]1[C@@H](CN)[C@H]1c1ccc2c(c1)OCO2. The third-order valence-electron chi connectivity index (χ3n) is 3.64. The summed E-state index contributed by atoms with van der Waals surface area (Å²) < 4.78 is 33.9. The molecule has 1 aliphatic heterocycles. The van der Waals surface area contributed by atoms with E-state index in [1.807, 2.05) is 18.2 Å². The van der Waals surface area contributed by atoms with E-state index in [1.165, 1.54) is 6.26 Å². The summed E-state index contributed by atoms with van der Waals surface area (Å²) in [6.07, 6.45) is 1.27. The summed E-state index contributed by atoms with van der Waals surface area (Å²) in [5.74, 6) is 1.39. The van der Waals surface area contributed by atoms with Gasteiger partial charge in [-0.05, 0) is 30.2 Å². The highest BCUT2D eigenvalue weighted by atomic mass is 32.2. The Morgan fingerprint density at radius 2 is 2.06 bits per heavy atom. The number of ether oxygens (including phenoxy) is 2. The number of fused-ring (bicyclic) bond motifs is 1. The van der Waals surface area contributed by atoms with Crippen molar-refractivity contribution in [1.29, 1.82) is 0 Å². The number of hydrogen-bond donors (Lipinski definition) is 1. The van der Waals surface area contributed by atoms with E-state index in [1.54, 1.807) is 0 Å². The average molecular weight is 269 g/mol. The van der Waals surface area contributed by atoms with Gasteiger partial charge in [0.1, 0.15) is 0 Å². The topological polar surface area (TPSA) is 78.6 Å². The molecule has 3 rings (SSSR count). The molecule has 0 bridgehead atoms. The molecule has 2 N–H and O–H groups in total. The van der Waals surface area contributed by atoms with Crippen molar-refractivity contribution in [2.75, 3.05) is 19.6 Å². The summed E-state index contributed by atoms with van der Waals surface area (Å²) in [5.41, 5.74) is 6.60. The predicted molar refractivity (Wildman–Crippen MR) is 66.5 cm³/mol. The van der Waals surface area contributed by atoms with Gasteiger partial charge in [-0.1, -0.05) is 6.07 Å². The first-order valence-corrected chi connectivity index (χ1v) is 7.76. The van der Waals surface area contributed by atoms with E-state index in [4.69, 9.17) is 15.2 Å². The molecular weight excluding hydrogens is 254 g/mol. The Bertz CT molecular complexity index is 584. The molecule has 1 heterocycles. The highest BCUT2D eigenvalue weighted by Gasteiger charge is 2.56. The van der Waals surface area contributed by atoms with Gasteiger partial charge in [0.15, 0.2) is 21.3 Å². The van der Waals surface area contributed by atoms with E-state index >= 15 is 0 Å². The number of hydrogen-bond acceptors (Lipinski definition) is 5. The molecule has 1 saturated carbocycles. The molecule has 0 radical (unpaired) electrons. The van der Waals surface area contributed by atoms with Crippen molar-refractivity contribution in [3.05, 3.63) is 23.8 Å². The molecule has 5 nitrogen and oxygen atoms in total. The maximum atomic E-state index is 11.7. The Balaban J connectivity index is 1.92. The minimum Gasteiger partial charge on any atom is -0.454 e. The van der Waals surface area contributed by atoms with Crippen LogP contribution in [0.3, 0.4) is 0 Å². The van der Waals surface area contributed by atoms with Crippen LogP contribution in [-0.2, 0) is 9.84 Å². The molecule has 98 valence electrons. The molecule has 0 saturated heterocycles. The second-order valence-corrected chi connectivity index (χ2v) is 7.04. The van der Waals surface area contributed by atoms with E-state index < -0.39 is 9.84 Å². The summed E-state index contributed by atoms with van der Waals surface area (Å²) >= 11 is 0. The van der Waals surface area contributed by atoms with Crippen molar-refractivity contribution in [1.82, 2.24) is 0 Å². The van der Waals surface area contributed by atoms with E-state index in [0.29, 0.717) is 18.0 Å². The summed E-state index contributed by atoms with van der Waals surface area (Å²) in [7, 11) is -3.05. The Kier molecular flexibility index (Phi) is 2.53. The van der Waals surface area contributed by atoms with Gasteiger partial charge in [0.05, 0.1) is 5.25 Å². The number of rotatable bonds is 3. The molecule has 0 spiro atoms. The summed E-state index contributed by atoms with van der Waals surface area (Å²) in [6.45, 7) is 0.607. The van der Waals surface area contributed by atoms with Crippen LogP contribution in [-0.4, -0.2) is 33.3 Å². The number of sulfone groups is 1. The smallest absolute Gasteiger partial charge is 0.231 e. The molecule has 1 aromatic rings. The molecule has 18 heavy (non-hydrogen) atoms. The van der Waals surface area contributed by atoms with Crippen LogP contribution in [0.1, 0.15) is 11.5 Å². The van der Waals surface area contributed by atoms with Gasteiger partial charge < -0.3 is 15.2 Å². The van der Waals surface area contributed by atoms with Gasteiger partial charge in [-0.2, -0.15) is 0 Å². The first-order valence-electron chi connectivity index (χ1n) is 5.81. The van der Waals surface area contributed by atoms with E-state index in [2.05, 4.69) is 0 Å². The summed E-state index contributed by atoms with van der Waals surface area (Å²) in [4.78, 5) is 0. The highest BCUT2D eigenvalue weighted by Crippen LogP contribution is 2.52. The summed E-state index contributed by atoms with van der Waals surface area (Å²) in [6, 6.07) is 5.58. The Hall–Kier alpha value is -1.27. The molecule has 0 unspecified atom stereocenters. The van der Waals surface area contributed by atoms with Gasteiger partial charge in [0.25, 0.3) is 0 Å². The summed E-state index contributed by atoms with van der Waals surface area (Å²) in [5, 5.41) is -0.358. The zero-order valence-electron chi connectivity index (χ0n) is 10.00. The average Bonchev–Trinajstić information content (AvgIpc) is 2.90. The van der Waals surface area contributed by atoms with Gasteiger partial charge in [-0.3, -0.25) is 0 Å². The van der Waals surface area contributed by atoms with E-state index in [9.17, 15) is 8.42 Å². The molecule has 1 aromatic carbocycles. The third kappa shape index (κ3) is 1.76. The first-order chi connectivity index (χ1) is 8.52. The molecule has 0 aromatic heterocycles. The maximum Gasteiger partial charge on any atom is 0.231 e. The van der Waals surface area contributed by atoms with Gasteiger partial charge in [-0.25, -0.2) is 8.42 Å². The third-order valence-corrected chi connectivity index (χ3v) is 5.28. The molecule has 3 atom stereocenters. The van der Waals surface area contributed by atoms with Crippen LogP contribution >= 0.6 is 0 Å². The maximum absolute atomic E-state index is 11.7. The van der Waals surface area contributed by atoms with Gasteiger partial charge >= 0.3 is 0 Å². The minimum absolute atomic E-state index is 0.0142. The lowest BCUT2D eigenvalue weighted by molar-refractivity contribution is 0.174. The normalized spacial score (nSPS) is 29.3. The lowest BCUT2D eigenvalue weighted by Crippen LogP contribution is -2.11. The van der Waals surface area contributed by atoms with Crippen molar-refractivity contribution in [2.45, 2.75) is 11.2 Å². The van der Waals surface area contributed by atoms with Gasteiger partial charge in [0, 0.05) is 12.2 Å². The second-order valence-electron chi connectivity index (χ2n) is 4.83. The second kappa shape index (κ2) is 3.86. The van der Waals surface area contributed by atoms with Crippen molar-refractivity contribution >= 4 is 9.84 Å². The van der Waals surface area contributed by atoms with Crippen LogP contribution in [0.2, 0.25) is 0 Å². The Labute approximate surface area is 106 Å².